The highest BCUT2D eigenvalue weighted by atomic mass is 15.2. The van der Waals surface area contributed by atoms with E-state index >= 15 is 0 Å². The number of piperidine rings is 1. The van der Waals surface area contributed by atoms with Crippen molar-refractivity contribution in [2.75, 3.05) is 19.6 Å². The molecule has 1 aliphatic rings. The van der Waals surface area contributed by atoms with Crippen molar-refractivity contribution in [1.29, 1.82) is 0 Å². The van der Waals surface area contributed by atoms with Gasteiger partial charge in [-0.15, -0.1) is 0 Å². The first-order valence-electron chi connectivity index (χ1n) is 8.05. The Hall–Kier alpha value is -1.02. The second kappa shape index (κ2) is 9.82. The van der Waals surface area contributed by atoms with Gasteiger partial charge in [0.05, 0.1) is 0 Å². The summed E-state index contributed by atoms with van der Waals surface area (Å²) in [6.07, 6.45) is 12.7. The highest BCUT2D eigenvalue weighted by Gasteiger charge is 2.16. The lowest BCUT2D eigenvalue weighted by Crippen LogP contribution is -2.38. The molecule has 1 atom stereocenters. The number of nitrogens with zero attached hydrogens (tertiary/aromatic N) is 1. The van der Waals surface area contributed by atoms with Crippen molar-refractivity contribution in [2.45, 2.75) is 58.9 Å². The molecule has 0 radical (unpaired) electrons. The molecule has 1 rings (SSSR count). The Morgan fingerprint density at radius 3 is 2.85 bits per heavy atom. The average Bonchev–Trinajstić information content (AvgIpc) is 2.41. The van der Waals surface area contributed by atoms with Gasteiger partial charge in [-0.25, -0.2) is 0 Å². The molecular weight excluding hydrogens is 244 g/mol. The van der Waals surface area contributed by atoms with Crippen LogP contribution >= 0.6 is 0 Å². The Balaban J connectivity index is 2.07. The second-order valence-electron chi connectivity index (χ2n) is 6.14. The molecular formula is C18H32N2. The summed E-state index contributed by atoms with van der Waals surface area (Å²) in [5, 5.41) is 3.43. The molecule has 0 amide bonds. The summed E-state index contributed by atoms with van der Waals surface area (Å²) in [6, 6.07) is 0.777. The second-order valence-corrected chi connectivity index (χ2v) is 6.14. The molecule has 1 fully saturated rings. The predicted molar refractivity (Wildman–Crippen MR) is 89.8 cm³/mol. The third-order valence-electron chi connectivity index (χ3n) is 3.87. The molecule has 0 spiro atoms. The van der Waals surface area contributed by atoms with Crippen LogP contribution in [0.15, 0.2) is 36.1 Å². The minimum absolute atomic E-state index is 0.777. The molecule has 1 N–H and O–H groups in total. The Kier molecular flexibility index (Phi) is 8.36. The van der Waals surface area contributed by atoms with Crippen molar-refractivity contribution >= 4 is 0 Å². The standard InChI is InChI=1S/C18H32N2/c1-16(2)10-5-6-11-17(3)19-13-9-15-20-14-8-7-12-18(20)4/h5-6,10,18-19H,3,7-9,11-15H2,1-2,4H3/b6-5-. The van der Waals surface area contributed by atoms with Crippen molar-refractivity contribution in [3.05, 3.63) is 36.1 Å². The first-order chi connectivity index (χ1) is 9.59. The lowest BCUT2D eigenvalue weighted by molar-refractivity contribution is 0.159. The van der Waals surface area contributed by atoms with Gasteiger partial charge in [-0.3, -0.25) is 0 Å². The van der Waals surface area contributed by atoms with Crippen LogP contribution in [0.5, 0.6) is 0 Å². The Bertz CT molecular complexity index is 337. The minimum atomic E-state index is 0.777. The topological polar surface area (TPSA) is 15.3 Å². The van der Waals surface area contributed by atoms with Gasteiger partial charge in [0.2, 0.25) is 0 Å². The highest BCUT2D eigenvalue weighted by molar-refractivity contribution is 5.11. The zero-order chi connectivity index (χ0) is 14.8. The highest BCUT2D eigenvalue weighted by Crippen LogP contribution is 2.16. The summed E-state index contributed by atoms with van der Waals surface area (Å²) in [5.41, 5.74) is 2.45. The SMILES string of the molecule is C=C(C/C=C\C=C(C)C)NCCCN1CCCCC1C. The van der Waals surface area contributed by atoms with Gasteiger partial charge in [-0.2, -0.15) is 0 Å². The third-order valence-corrected chi connectivity index (χ3v) is 3.87. The van der Waals surface area contributed by atoms with E-state index in [4.69, 9.17) is 0 Å². The van der Waals surface area contributed by atoms with Crippen LogP contribution < -0.4 is 5.32 Å². The molecule has 20 heavy (non-hydrogen) atoms. The molecule has 0 bridgehead atoms. The largest absolute Gasteiger partial charge is 0.389 e. The first kappa shape index (κ1) is 17.0. The number of likely N-dealkylation sites (tertiary alicyclic amines) is 1. The van der Waals surface area contributed by atoms with Crippen molar-refractivity contribution < 1.29 is 0 Å². The summed E-state index contributed by atoms with van der Waals surface area (Å²) < 4.78 is 0. The van der Waals surface area contributed by atoms with Crippen molar-refractivity contribution in [2.24, 2.45) is 0 Å². The lowest BCUT2D eigenvalue weighted by Gasteiger charge is -2.33. The molecule has 1 aliphatic heterocycles. The molecule has 0 saturated carbocycles. The monoisotopic (exact) mass is 276 g/mol. The maximum atomic E-state index is 4.07. The number of nitrogens with one attached hydrogen (secondary N) is 1. The van der Waals surface area contributed by atoms with Crippen LogP contribution in [0.4, 0.5) is 0 Å². The van der Waals surface area contributed by atoms with Gasteiger partial charge in [0.1, 0.15) is 0 Å². The average molecular weight is 276 g/mol. The molecule has 0 aromatic rings. The maximum absolute atomic E-state index is 4.07. The fourth-order valence-corrected chi connectivity index (χ4v) is 2.58. The summed E-state index contributed by atoms with van der Waals surface area (Å²) in [7, 11) is 0. The lowest BCUT2D eigenvalue weighted by atomic mass is 10.0. The van der Waals surface area contributed by atoms with Gasteiger partial charge in [0, 0.05) is 31.2 Å². The van der Waals surface area contributed by atoms with Crippen molar-refractivity contribution in [3.63, 3.8) is 0 Å². The minimum Gasteiger partial charge on any atom is -0.389 e. The summed E-state index contributed by atoms with van der Waals surface area (Å²) >= 11 is 0. The van der Waals surface area contributed by atoms with Crippen molar-refractivity contribution in [3.8, 4) is 0 Å². The quantitative estimate of drug-likeness (QED) is 0.526. The molecule has 114 valence electrons. The van der Waals surface area contributed by atoms with Gasteiger partial charge >= 0.3 is 0 Å². The van der Waals surface area contributed by atoms with Crippen LogP contribution in [0.1, 0.15) is 52.9 Å². The van der Waals surface area contributed by atoms with E-state index < -0.39 is 0 Å². The van der Waals surface area contributed by atoms with Gasteiger partial charge < -0.3 is 10.2 Å². The van der Waals surface area contributed by atoms with E-state index in [1.165, 1.54) is 44.3 Å². The summed E-state index contributed by atoms with van der Waals surface area (Å²) in [6.45, 7) is 14.2. The van der Waals surface area contributed by atoms with Crippen LogP contribution in [-0.2, 0) is 0 Å². The van der Waals surface area contributed by atoms with E-state index in [1.54, 1.807) is 0 Å². The van der Waals surface area contributed by atoms with Crippen LogP contribution in [0, 0.1) is 0 Å². The molecule has 0 aromatic heterocycles. The third kappa shape index (κ3) is 7.54. The molecule has 0 aliphatic carbocycles. The van der Waals surface area contributed by atoms with E-state index in [-0.39, 0.29) is 0 Å². The van der Waals surface area contributed by atoms with Gasteiger partial charge in [-0.05, 0) is 46.6 Å². The van der Waals surface area contributed by atoms with E-state index in [0.29, 0.717) is 0 Å². The fraction of sp³-hybridized carbons (Fsp3) is 0.667. The smallest absolute Gasteiger partial charge is 0.0156 e. The molecule has 1 unspecified atom stereocenters. The summed E-state index contributed by atoms with van der Waals surface area (Å²) in [4.78, 5) is 2.63. The zero-order valence-electron chi connectivity index (χ0n) is 13.6. The van der Waals surface area contributed by atoms with Crippen molar-refractivity contribution in [1.82, 2.24) is 10.2 Å². The zero-order valence-corrected chi connectivity index (χ0v) is 13.6. The van der Waals surface area contributed by atoms with Crippen LogP contribution in [0.25, 0.3) is 0 Å². The number of hydrogen-bond acceptors (Lipinski definition) is 2. The Morgan fingerprint density at radius 2 is 2.15 bits per heavy atom. The van der Waals surface area contributed by atoms with Gasteiger partial charge in [0.25, 0.3) is 0 Å². The summed E-state index contributed by atoms with van der Waals surface area (Å²) in [5.74, 6) is 0. The number of rotatable bonds is 8. The van der Waals surface area contributed by atoms with E-state index in [9.17, 15) is 0 Å². The number of hydrogen-bond donors (Lipinski definition) is 1. The molecule has 0 aromatic carbocycles. The van der Waals surface area contributed by atoms with Crippen LogP contribution in [0.2, 0.25) is 0 Å². The van der Waals surface area contributed by atoms with Gasteiger partial charge in [-0.1, -0.05) is 36.8 Å². The van der Waals surface area contributed by atoms with Crippen LogP contribution in [0.3, 0.4) is 0 Å². The van der Waals surface area contributed by atoms with Gasteiger partial charge in [0.15, 0.2) is 0 Å². The molecule has 1 heterocycles. The first-order valence-corrected chi connectivity index (χ1v) is 8.05. The van der Waals surface area contributed by atoms with E-state index in [2.05, 4.69) is 55.8 Å². The Morgan fingerprint density at radius 1 is 1.35 bits per heavy atom. The Labute approximate surface area is 125 Å². The number of allylic oxidation sites excluding steroid dienone is 4. The maximum Gasteiger partial charge on any atom is 0.0156 e. The fourth-order valence-electron chi connectivity index (χ4n) is 2.58. The molecule has 2 heteroatoms. The van der Waals surface area contributed by atoms with E-state index in [0.717, 1.165) is 24.7 Å². The van der Waals surface area contributed by atoms with E-state index in [1.807, 2.05) is 0 Å². The predicted octanol–water partition coefficient (Wildman–Crippen LogP) is 4.27. The molecule has 2 nitrogen and oxygen atoms in total. The molecule has 1 saturated heterocycles. The van der Waals surface area contributed by atoms with Crippen LogP contribution in [-0.4, -0.2) is 30.6 Å². The normalized spacial score (nSPS) is 20.1.